The lowest BCUT2D eigenvalue weighted by Gasteiger charge is -2.18. The first kappa shape index (κ1) is 20.7. The molecule has 0 aliphatic rings. The maximum atomic E-state index is 13.2. The van der Waals surface area contributed by atoms with Gasteiger partial charge in [0.1, 0.15) is 11.4 Å². The molecule has 0 radical (unpaired) electrons. The molecule has 0 fully saturated rings. The van der Waals surface area contributed by atoms with E-state index in [0.717, 1.165) is 5.56 Å². The number of carbonyl (C=O) groups is 1. The summed E-state index contributed by atoms with van der Waals surface area (Å²) in [5.41, 5.74) is 2.09. The average Bonchev–Trinajstić information content (AvgIpc) is 3.18. The molecule has 0 saturated carbocycles. The van der Waals surface area contributed by atoms with Gasteiger partial charge in [-0.3, -0.25) is 14.2 Å². The van der Waals surface area contributed by atoms with Gasteiger partial charge in [0.25, 0.3) is 5.91 Å². The summed E-state index contributed by atoms with van der Waals surface area (Å²) >= 11 is 6.03. The number of nitrogens with zero attached hydrogens (tertiary/aromatic N) is 5. The molecule has 0 atom stereocenters. The third-order valence-corrected chi connectivity index (χ3v) is 4.76. The number of amides is 1. The summed E-state index contributed by atoms with van der Waals surface area (Å²) in [7, 11) is 1.67. The van der Waals surface area contributed by atoms with E-state index in [0.29, 0.717) is 28.6 Å². The first-order chi connectivity index (χ1) is 14.9. The lowest BCUT2D eigenvalue weighted by atomic mass is 10.2. The van der Waals surface area contributed by atoms with Crippen LogP contribution in [0.1, 0.15) is 16.1 Å². The summed E-state index contributed by atoms with van der Waals surface area (Å²) in [6, 6.07) is 13.2. The Morgan fingerprint density at radius 2 is 1.94 bits per heavy atom. The van der Waals surface area contributed by atoms with Crippen LogP contribution in [-0.4, -0.2) is 44.0 Å². The third-order valence-electron chi connectivity index (χ3n) is 4.53. The average molecular weight is 444 g/mol. The summed E-state index contributed by atoms with van der Waals surface area (Å²) in [4.78, 5) is 18.8. The molecule has 4 aromatic rings. The molecule has 10 heteroatoms. The molecule has 2 heterocycles. The largest absolute Gasteiger partial charge is 0.435 e. The molecule has 2 aromatic carbocycles. The number of hydrogen-bond donors (Lipinski definition) is 0. The predicted molar refractivity (Wildman–Crippen MR) is 110 cm³/mol. The molecular weight excluding hydrogens is 428 g/mol. The van der Waals surface area contributed by atoms with Crippen molar-refractivity contribution in [1.29, 1.82) is 0 Å². The number of aromatic nitrogens is 4. The fourth-order valence-electron chi connectivity index (χ4n) is 3.15. The van der Waals surface area contributed by atoms with Crippen molar-refractivity contribution < 1.29 is 18.3 Å². The highest BCUT2D eigenvalue weighted by atomic mass is 35.5. The zero-order valence-corrected chi connectivity index (χ0v) is 17.0. The number of halogens is 3. The molecule has 1 amide bonds. The van der Waals surface area contributed by atoms with Crippen LogP contribution in [0.15, 0.2) is 60.9 Å². The second-order valence-corrected chi connectivity index (χ2v) is 7.14. The molecule has 0 spiro atoms. The fraction of sp³-hybridized carbons (Fsp3) is 0.143. The normalized spacial score (nSPS) is 11.1. The number of alkyl halides is 2. The van der Waals surface area contributed by atoms with E-state index in [1.807, 2.05) is 12.1 Å². The number of benzene rings is 2. The van der Waals surface area contributed by atoms with Crippen LogP contribution >= 0.6 is 11.6 Å². The van der Waals surface area contributed by atoms with Crippen LogP contribution in [0.5, 0.6) is 5.75 Å². The molecule has 0 unspecified atom stereocenters. The van der Waals surface area contributed by atoms with Gasteiger partial charge in [0.15, 0.2) is 11.5 Å². The van der Waals surface area contributed by atoms with Crippen LogP contribution in [0.25, 0.3) is 17.0 Å². The monoisotopic (exact) mass is 443 g/mol. The van der Waals surface area contributed by atoms with Gasteiger partial charge in [0.2, 0.25) is 0 Å². The van der Waals surface area contributed by atoms with Gasteiger partial charge in [-0.2, -0.15) is 8.78 Å². The Kier molecular flexibility index (Phi) is 5.77. The van der Waals surface area contributed by atoms with Gasteiger partial charge in [0.05, 0.1) is 12.4 Å². The maximum absolute atomic E-state index is 13.2. The van der Waals surface area contributed by atoms with E-state index in [1.165, 1.54) is 29.4 Å². The predicted octanol–water partition coefficient (Wildman–Crippen LogP) is 4.32. The van der Waals surface area contributed by atoms with Crippen molar-refractivity contribution in [3.8, 4) is 17.1 Å². The molecule has 4 rings (SSSR count). The second-order valence-electron chi connectivity index (χ2n) is 6.70. The molecule has 0 aliphatic carbocycles. The van der Waals surface area contributed by atoms with Crippen LogP contribution in [0.3, 0.4) is 0 Å². The van der Waals surface area contributed by atoms with E-state index >= 15 is 0 Å². The second kappa shape index (κ2) is 8.65. The van der Waals surface area contributed by atoms with Gasteiger partial charge in [-0.1, -0.05) is 23.7 Å². The fourth-order valence-corrected chi connectivity index (χ4v) is 3.36. The van der Waals surface area contributed by atoms with E-state index in [9.17, 15) is 13.6 Å². The Morgan fingerprint density at radius 1 is 1.16 bits per heavy atom. The van der Waals surface area contributed by atoms with E-state index in [1.54, 1.807) is 35.7 Å². The Hall–Kier alpha value is -3.59. The summed E-state index contributed by atoms with van der Waals surface area (Å²) < 4.78 is 30.7. The van der Waals surface area contributed by atoms with Crippen LogP contribution in [0.4, 0.5) is 8.78 Å². The highest BCUT2D eigenvalue weighted by Crippen LogP contribution is 2.24. The van der Waals surface area contributed by atoms with E-state index in [4.69, 9.17) is 11.6 Å². The van der Waals surface area contributed by atoms with Crippen molar-refractivity contribution >= 4 is 23.2 Å². The summed E-state index contributed by atoms with van der Waals surface area (Å²) in [6.45, 7) is -2.57. The molecule has 31 heavy (non-hydrogen) atoms. The van der Waals surface area contributed by atoms with Crippen molar-refractivity contribution in [2.75, 3.05) is 7.05 Å². The number of fused-ring (bicyclic) bond motifs is 1. The molecule has 0 saturated heterocycles. The minimum absolute atomic E-state index is 0.0202. The zero-order valence-electron chi connectivity index (χ0n) is 16.2. The van der Waals surface area contributed by atoms with Crippen LogP contribution in [-0.2, 0) is 6.54 Å². The van der Waals surface area contributed by atoms with Gasteiger partial charge in [-0.25, -0.2) is 0 Å². The van der Waals surface area contributed by atoms with Crippen LogP contribution in [0.2, 0.25) is 5.02 Å². The topological polar surface area (TPSA) is 72.6 Å². The highest BCUT2D eigenvalue weighted by Gasteiger charge is 2.20. The smallest absolute Gasteiger partial charge is 0.387 e. The van der Waals surface area contributed by atoms with Gasteiger partial charge in [0, 0.05) is 24.2 Å². The van der Waals surface area contributed by atoms with Gasteiger partial charge in [-0.15, -0.1) is 10.2 Å². The first-order valence-corrected chi connectivity index (χ1v) is 9.54. The molecule has 0 bridgehead atoms. The lowest BCUT2D eigenvalue weighted by Crippen LogP contribution is -2.28. The molecule has 7 nitrogen and oxygen atoms in total. The van der Waals surface area contributed by atoms with Crippen LogP contribution < -0.4 is 4.74 Å². The minimum atomic E-state index is -2.91. The Morgan fingerprint density at radius 3 is 2.65 bits per heavy atom. The minimum Gasteiger partial charge on any atom is -0.435 e. The summed E-state index contributed by atoms with van der Waals surface area (Å²) in [5, 5.41) is 8.81. The number of hydrogen-bond acceptors (Lipinski definition) is 5. The van der Waals surface area contributed by atoms with Crippen molar-refractivity contribution in [2.45, 2.75) is 13.2 Å². The first-order valence-electron chi connectivity index (χ1n) is 9.16. The molecular formula is C21H16ClF2N5O2. The number of ether oxygens (including phenoxy) is 1. The summed E-state index contributed by atoms with van der Waals surface area (Å²) in [5.74, 6) is 0.101. The number of carbonyl (C=O) groups excluding carboxylic acids is 1. The lowest BCUT2D eigenvalue weighted by molar-refractivity contribution is -0.0498. The van der Waals surface area contributed by atoms with Crippen molar-refractivity contribution in [2.24, 2.45) is 0 Å². The quantitative estimate of drug-likeness (QED) is 0.444. The Balaban J connectivity index is 1.67. The van der Waals surface area contributed by atoms with E-state index in [2.05, 4.69) is 19.9 Å². The third kappa shape index (κ3) is 4.46. The van der Waals surface area contributed by atoms with Crippen molar-refractivity contribution in [3.05, 3.63) is 77.2 Å². The molecule has 0 N–H and O–H groups in total. The summed E-state index contributed by atoms with van der Waals surface area (Å²) in [6.07, 6.45) is 2.92. The number of rotatable bonds is 6. The van der Waals surface area contributed by atoms with E-state index in [-0.39, 0.29) is 17.4 Å². The SMILES string of the molecule is CN(Cc1cccc(Cl)c1)C(=O)c1cncc2nnc(-c3ccc(OC(F)F)cc3)n12. The van der Waals surface area contributed by atoms with E-state index < -0.39 is 6.61 Å². The van der Waals surface area contributed by atoms with Gasteiger partial charge in [-0.05, 0) is 42.0 Å². The maximum Gasteiger partial charge on any atom is 0.387 e. The Bertz CT molecular complexity index is 1230. The molecule has 2 aromatic heterocycles. The van der Waals surface area contributed by atoms with Crippen molar-refractivity contribution in [1.82, 2.24) is 24.5 Å². The molecule has 158 valence electrons. The standard InChI is InChI=1S/C21H16ClF2N5O2/c1-28(12-13-3-2-4-15(22)9-13)20(30)17-10-25-11-18-26-27-19(29(17)18)14-5-7-16(8-6-14)31-21(23)24/h2-11,21H,12H2,1H3. The Labute approximate surface area is 180 Å². The molecule has 0 aliphatic heterocycles. The zero-order chi connectivity index (χ0) is 22.0. The van der Waals surface area contributed by atoms with Crippen molar-refractivity contribution in [3.63, 3.8) is 0 Å². The van der Waals surface area contributed by atoms with Crippen LogP contribution in [0, 0.1) is 0 Å². The van der Waals surface area contributed by atoms with Gasteiger partial charge >= 0.3 is 6.61 Å². The highest BCUT2D eigenvalue weighted by molar-refractivity contribution is 6.30. The van der Waals surface area contributed by atoms with Gasteiger partial charge < -0.3 is 9.64 Å².